The molecule has 0 aliphatic carbocycles. The van der Waals surface area contributed by atoms with Gasteiger partial charge in [0.1, 0.15) is 0 Å². The average molecular weight is 488 g/mol. The molecule has 5 nitrogen and oxygen atoms in total. The second-order valence-electron chi connectivity index (χ2n) is 10.7. The maximum Gasteiger partial charge on any atom is 0.340 e. The fourth-order valence-corrected chi connectivity index (χ4v) is 4.78. The van der Waals surface area contributed by atoms with Crippen LogP contribution < -0.4 is 5.73 Å². The molecule has 0 bridgehead atoms. The number of hydrogen-bond acceptors (Lipinski definition) is 5. The Bertz CT molecular complexity index is 1170. The number of rotatable bonds is 8. The smallest absolute Gasteiger partial charge is 0.340 e. The standard InChI is InChI=1S/C31H41N3O2/c1-9-22-14-26-23(15-25(22)24(17-32)18-33-12-11-20(3)4)16-29(31(6,7)8)34-19-27(30(35)36-10-2)21(5)13-28(26)34/h13-15,17-19,29H,3,5,9-12,16,32H2,1-2,4,6-8H3. The van der Waals surface area contributed by atoms with Crippen molar-refractivity contribution in [1.82, 2.24) is 4.90 Å². The van der Waals surface area contributed by atoms with Crippen molar-refractivity contribution in [2.45, 2.75) is 66.8 Å². The molecule has 2 aliphatic rings. The summed E-state index contributed by atoms with van der Waals surface area (Å²) in [6.45, 7) is 21.9. The molecule has 0 spiro atoms. The zero-order chi connectivity index (χ0) is 26.6. The second-order valence-corrected chi connectivity index (χ2v) is 10.7. The van der Waals surface area contributed by atoms with Crippen LogP contribution in [-0.4, -0.2) is 36.3 Å². The molecule has 1 atom stereocenters. The SMILES string of the molecule is C=C(C)CCN=CC(=CN)c1cc2c(cc1CC)C1=CC(=C)C(C(=O)OCC)=CN1C(C(C)(C)C)C2. The molecule has 1 aromatic carbocycles. The first-order chi connectivity index (χ1) is 17.0. The van der Waals surface area contributed by atoms with E-state index in [1.54, 1.807) is 6.20 Å². The highest BCUT2D eigenvalue weighted by atomic mass is 16.5. The van der Waals surface area contributed by atoms with E-state index in [0.717, 1.165) is 41.7 Å². The van der Waals surface area contributed by atoms with Crippen molar-refractivity contribution >= 4 is 23.5 Å². The van der Waals surface area contributed by atoms with Gasteiger partial charge in [0.05, 0.1) is 12.2 Å². The Morgan fingerprint density at radius 2 is 2.03 bits per heavy atom. The normalized spacial score (nSPS) is 17.9. The minimum atomic E-state index is -0.329. The van der Waals surface area contributed by atoms with Crippen molar-refractivity contribution in [2.24, 2.45) is 16.1 Å². The number of allylic oxidation sites excluding steroid dienone is 2. The number of hydrogen-bond donors (Lipinski definition) is 1. The van der Waals surface area contributed by atoms with E-state index in [2.05, 4.69) is 62.9 Å². The highest BCUT2D eigenvalue weighted by Crippen LogP contribution is 2.44. The third-order valence-corrected chi connectivity index (χ3v) is 6.82. The number of nitrogens with zero attached hydrogens (tertiary/aromatic N) is 2. The van der Waals surface area contributed by atoms with E-state index in [4.69, 9.17) is 10.5 Å². The van der Waals surface area contributed by atoms with E-state index in [-0.39, 0.29) is 17.4 Å². The Hall–Kier alpha value is -3.34. The van der Waals surface area contributed by atoms with Gasteiger partial charge in [-0.15, -0.1) is 6.58 Å². The Kier molecular flexibility index (Phi) is 8.44. The van der Waals surface area contributed by atoms with Gasteiger partial charge in [-0.3, -0.25) is 4.99 Å². The van der Waals surface area contributed by atoms with Gasteiger partial charge in [0, 0.05) is 48.0 Å². The summed E-state index contributed by atoms with van der Waals surface area (Å²) in [6.07, 6.45) is 10.1. The summed E-state index contributed by atoms with van der Waals surface area (Å²) in [5, 5.41) is 0. The van der Waals surface area contributed by atoms with Crippen molar-refractivity contribution in [1.29, 1.82) is 0 Å². The van der Waals surface area contributed by atoms with Crippen molar-refractivity contribution in [3.8, 4) is 0 Å². The number of aryl methyl sites for hydroxylation is 1. The molecule has 2 heterocycles. The molecule has 2 N–H and O–H groups in total. The Morgan fingerprint density at radius 1 is 1.31 bits per heavy atom. The fourth-order valence-electron chi connectivity index (χ4n) is 4.78. The highest BCUT2D eigenvalue weighted by Gasteiger charge is 2.39. The summed E-state index contributed by atoms with van der Waals surface area (Å²) in [4.78, 5) is 19.5. The molecule has 0 fully saturated rings. The maximum atomic E-state index is 12.6. The van der Waals surface area contributed by atoms with Gasteiger partial charge in [0.2, 0.25) is 0 Å². The lowest BCUT2D eigenvalue weighted by Gasteiger charge is -2.46. The van der Waals surface area contributed by atoms with E-state index in [0.29, 0.717) is 24.3 Å². The van der Waals surface area contributed by atoms with Gasteiger partial charge in [0.25, 0.3) is 0 Å². The van der Waals surface area contributed by atoms with Crippen molar-refractivity contribution in [2.75, 3.05) is 13.2 Å². The minimum absolute atomic E-state index is 0.0359. The van der Waals surface area contributed by atoms with E-state index in [1.165, 1.54) is 16.7 Å². The van der Waals surface area contributed by atoms with Crippen molar-refractivity contribution in [3.63, 3.8) is 0 Å². The molecule has 0 amide bonds. The third-order valence-electron chi connectivity index (χ3n) is 6.82. The maximum absolute atomic E-state index is 12.6. The summed E-state index contributed by atoms with van der Waals surface area (Å²) in [5.41, 5.74) is 15.1. The molecule has 2 aliphatic heterocycles. The molecule has 0 saturated carbocycles. The summed E-state index contributed by atoms with van der Waals surface area (Å²) in [6, 6.07) is 4.70. The van der Waals surface area contributed by atoms with E-state index in [1.807, 2.05) is 32.3 Å². The molecule has 192 valence electrons. The quantitative estimate of drug-likeness (QED) is 0.269. The lowest BCUT2D eigenvalue weighted by molar-refractivity contribution is -0.138. The number of carbonyl (C=O) groups excluding carboxylic acids is 1. The van der Waals surface area contributed by atoms with E-state index < -0.39 is 0 Å². The van der Waals surface area contributed by atoms with Crippen LogP contribution in [0.4, 0.5) is 0 Å². The van der Waals surface area contributed by atoms with Gasteiger partial charge in [0.15, 0.2) is 0 Å². The lowest BCUT2D eigenvalue weighted by atomic mass is 9.75. The van der Waals surface area contributed by atoms with Crippen LogP contribution >= 0.6 is 0 Å². The van der Waals surface area contributed by atoms with Crippen LogP contribution in [-0.2, 0) is 22.4 Å². The molecule has 1 aromatic rings. The zero-order valence-electron chi connectivity index (χ0n) is 22.8. The van der Waals surface area contributed by atoms with Crippen LogP contribution in [0, 0.1) is 5.41 Å². The largest absolute Gasteiger partial charge is 0.462 e. The monoisotopic (exact) mass is 487 g/mol. The van der Waals surface area contributed by atoms with Crippen LogP contribution in [0.3, 0.4) is 0 Å². The lowest BCUT2D eigenvalue weighted by Crippen LogP contribution is -2.46. The first-order valence-electron chi connectivity index (χ1n) is 12.8. The number of aliphatic imine (C=N–C) groups is 1. The molecule has 5 heteroatoms. The molecule has 0 aromatic heterocycles. The molecule has 0 saturated heterocycles. The van der Waals surface area contributed by atoms with Crippen LogP contribution in [0.25, 0.3) is 11.3 Å². The first-order valence-corrected chi connectivity index (χ1v) is 12.8. The van der Waals surface area contributed by atoms with E-state index in [9.17, 15) is 4.79 Å². The van der Waals surface area contributed by atoms with Gasteiger partial charge in [-0.2, -0.15) is 0 Å². The number of benzene rings is 1. The minimum Gasteiger partial charge on any atom is -0.462 e. The van der Waals surface area contributed by atoms with Gasteiger partial charge >= 0.3 is 5.97 Å². The molecule has 3 rings (SSSR count). The van der Waals surface area contributed by atoms with Crippen LogP contribution in [0.5, 0.6) is 0 Å². The molecule has 1 unspecified atom stereocenters. The predicted molar refractivity (Wildman–Crippen MR) is 151 cm³/mol. The van der Waals surface area contributed by atoms with Gasteiger partial charge in [-0.1, -0.05) is 45.9 Å². The number of ether oxygens (including phenoxy) is 1. The number of fused-ring (bicyclic) bond motifs is 3. The van der Waals surface area contributed by atoms with Crippen LogP contribution in [0.1, 0.15) is 70.2 Å². The summed E-state index contributed by atoms with van der Waals surface area (Å²) in [5.74, 6) is -0.329. The Morgan fingerprint density at radius 3 is 2.61 bits per heavy atom. The topological polar surface area (TPSA) is 67.9 Å². The second kappa shape index (κ2) is 11.2. The van der Waals surface area contributed by atoms with Gasteiger partial charge in [-0.05, 0) is 72.9 Å². The predicted octanol–water partition coefficient (Wildman–Crippen LogP) is 6.22. The van der Waals surface area contributed by atoms with Crippen LogP contribution in [0.15, 0.2) is 65.5 Å². The van der Waals surface area contributed by atoms with Crippen molar-refractivity contribution in [3.05, 3.63) is 82.7 Å². The van der Waals surface area contributed by atoms with E-state index >= 15 is 0 Å². The molecule has 36 heavy (non-hydrogen) atoms. The van der Waals surface area contributed by atoms with Crippen molar-refractivity contribution < 1.29 is 9.53 Å². The summed E-state index contributed by atoms with van der Waals surface area (Å²) < 4.78 is 5.31. The number of nitrogens with two attached hydrogens (primary N) is 1. The third kappa shape index (κ3) is 5.72. The van der Waals surface area contributed by atoms with Crippen LogP contribution in [0.2, 0.25) is 0 Å². The first kappa shape index (κ1) is 27.3. The number of carbonyl (C=O) groups is 1. The number of esters is 1. The Balaban J connectivity index is 2.10. The fraction of sp³-hybridized carbons (Fsp3) is 0.419. The molecular weight excluding hydrogens is 446 g/mol. The zero-order valence-corrected chi connectivity index (χ0v) is 22.8. The van der Waals surface area contributed by atoms with Gasteiger partial charge < -0.3 is 15.4 Å². The highest BCUT2D eigenvalue weighted by molar-refractivity contribution is 6.10. The molecular formula is C31H41N3O2. The van der Waals surface area contributed by atoms with Gasteiger partial charge in [-0.25, -0.2) is 4.79 Å². The average Bonchev–Trinajstić information content (AvgIpc) is 2.81. The summed E-state index contributed by atoms with van der Waals surface area (Å²) >= 11 is 0. The Labute approximate surface area is 216 Å². The molecule has 0 radical (unpaired) electrons. The summed E-state index contributed by atoms with van der Waals surface area (Å²) in [7, 11) is 0.